The summed E-state index contributed by atoms with van der Waals surface area (Å²) in [6.45, 7) is 2.79. The van der Waals surface area contributed by atoms with E-state index in [9.17, 15) is 0 Å². The van der Waals surface area contributed by atoms with E-state index >= 15 is 4.39 Å². The number of nitrogens with zero attached hydrogens (tertiary/aromatic N) is 5. The van der Waals surface area contributed by atoms with Crippen LogP contribution in [0.4, 0.5) is 4.39 Å². The standard InChI is InChI=1S/C26H22FN7S/c1-14-4-5-22(35-14)25-24-20(6-7-29-25)30-26(31-24)23-18-9-17(19(27)10-21(18)32-33-23)16-8-15(11-28-12-16)13-34(2)3/h4-12H,13H2,1-3H3,(H,30,31)(H,32,33). The van der Waals surface area contributed by atoms with Gasteiger partial charge in [-0.05, 0) is 56.9 Å². The maximum Gasteiger partial charge on any atom is 0.159 e. The summed E-state index contributed by atoms with van der Waals surface area (Å²) >= 11 is 1.68. The summed E-state index contributed by atoms with van der Waals surface area (Å²) in [6.07, 6.45) is 5.27. The van der Waals surface area contributed by atoms with Gasteiger partial charge < -0.3 is 9.88 Å². The predicted octanol–water partition coefficient (Wildman–Crippen LogP) is 5.80. The molecule has 35 heavy (non-hydrogen) atoms. The average Bonchev–Trinajstić information content (AvgIpc) is 3.55. The highest BCUT2D eigenvalue weighted by atomic mass is 32.1. The summed E-state index contributed by atoms with van der Waals surface area (Å²) in [7, 11) is 3.98. The molecule has 5 heterocycles. The number of hydrogen-bond acceptors (Lipinski definition) is 6. The van der Waals surface area contributed by atoms with Crippen molar-refractivity contribution in [1.29, 1.82) is 0 Å². The van der Waals surface area contributed by atoms with Crippen molar-refractivity contribution in [1.82, 2.24) is 35.0 Å². The minimum atomic E-state index is -0.333. The smallest absolute Gasteiger partial charge is 0.159 e. The van der Waals surface area contributed by atoms with Crippen LogP contribution >= 0.6 is 11.3 Å². The van der Waals surface area contributed by atoms with Crippen LogP contribution in [0, 0.1) is 12.7 Å². The van der Waals surface area contributed by atoms with Crippen molar-refractivity contribution in [2.24, 2.45) is 0 Å². The number of aromatic amines is 2. The first-order valence-corrected chi connectivity index (χ1v) is 12.0. The highest BCUT2D eigenvalue weighted by Crippen LogP contribution is 2.35. The first-order chi connectivity index (χ1) is 17.0. The second kappa shape index (κ2) is 8.37. The first-order valence-electron chi connectivity index (χ1n) is 11.1. The van der Waals surface area contributed by atoms with E-state index in [0.717, 1.165) is 44.7 Å². The van der Waals surface area contributed by atoms with Crippen LogP contribution in [0.5, 0.6) is 0 Å². The number of hydrogen-bond donors (Lipinski definition) is 2. The number of fused-ring (bicyclic) bond motifs is 2. The van der Waals surface area contributed by atoms with E-state index in [4.69, 9.17) is 4.98 Å². The second-order valence-electron chi connectivity index (χ2n) is 8.82. The van der Waals surface area contributed by atoms with Gasteiger partial charge in [-0.25, -0.2) is 9.37 Å². The Kier molecular flexibility index (Phi) is 5.16. The molecule has 0 radical (unpaired) electrons. The Morgan fingerprint density at radius 1 is 1.03 bits per heavy atom. The Hall–Kier alpha value is -3.95. The van der Waals surface area contributed by atoms with Crippen LogP contribution in [-0.2, 0) is 6.54 Å². The van der Waals surface area contributed by atoms with E-state index in [1.807, 2.05) is 32.3 Å². The Morgan fingerprint density at radius 2 is 1.91 bits per heavy atom. The van der Waals surface area contributed by atoms with Gasteiger partial charge in [0, 0.05) is 52.6 Å². The number of halogens is 1. The third-order valence-electron chi connectivity index (χ3n) is 5.85. The summed E-state index contributed by atoms with van der Waals surface area (Å²) in [5, 5.41) is 8.20. The molecule has 2 N–H and O–H groups in total. The fourth-order valence-electron chi connectivity index (χ4n) is 4.32. The van der Waals surface area contributed by atoms with Gasteiger partial charge >= 0.3 is 0 Å². The third-order valence-corrected chi connectivity index (χ3v) is 6.86. The molecule has 0 spiro atoms. The van der Waals surface area contributed by atoms with Gasteiger partial charge in [0.1, 0.15) is 22.7 Å². The van der Waals surface area contributed by atoms with Crippen LogP contribution in [0.1, 0.15) is 10.4 Å². The average molecular weight is 484 g/mol. The predicted molar refractivity (Wildman–Crippen MR) is 138 cm³/mol. The van der Waals surface area contributed by atoms with Gasteiger partial charge in [-0.1, -0.05) is 0 Å². The van der Waals surface area contributed by atoms with Gasteiger partial charge in [0.05, 0.1) is 15.9 Å². The second-order valence-corrected chi connectivity index (χ2v) is 10.1. The molecule has 0 aliphatic carbocycles. The molecule has 0 aliphatic rings. The molecule has 1 aromatic carbocycles. The number of rotatable bonds is 5. The molecule has 0 bridgehead atoms. The number of H-pyrrole nitrogens is 2. The molecule has 9 heteroatoms. The minimum absolute atomic E-state index is 0.333. The van der Waals surface area contributed by atoms with E-state index in [0.29, 0.717) is 22.6 Å². The number of benzene rings is 1. The van der Waals surface area contributed by atoms with Crippen molar-refractivity contribution in [2.75, 3.05) is 14.1 Å². The molecule has 6 aromatic rings. The van der Waals surface area contributed by atoms with Crippen LogP contribution in [0.25, 0.3) is 55.2 Å². The zero-order valence-corrected chi connectivity index (χ0v) is 20.2. The molecule has 0 aliphatic heterocycles. The van der Waals surface area contributed by atoms with Crippen molar-refractivity contribution < 1.29 is 4.39 Å². The fourth-order valence-corrected chi connectivity index (χ4v) is 5.18. The van der Waals surface area contributed by atoms with E-state index in [1.165, 1.54) is 10.9 Å². The van der Waals surface area contributed by atoms with Crippen LogP contribution < -0.4 is 0 Å². The van der Waals surface area contributed by atoms with Crippen molar-refractivity contribution in [3.63, 3.8) is 0 Å². The first kappa shape index (κ1) is 21.6. The fraction of sp³-hybridized carbons (Fsp3) is 0.154. The Labute approximate surface area is 204 Å². The number of thiophene rings is 1. The SMILES string of the molecule is Cc1ccc(-c2nccc3[nH]c(-c4n[nH]c5cc(F)c(-c6cncc(CN(C)C)c6)cc45)nc23)s1. The van der Waals surface area contributed by atoms with E-state index in [2.05, 4.69) is 49.1 Å². The molecular weight excluding hydrogens is 461 g/mol. The monoisotopic (exact) mass is 483 g/mol. The van der Waals surface area contributed by atoms with Crippen LogP contribution in [-0.4, -0.2) is 49.1 Å². The quantitative estimate of drug-likeness (QED) is 0.324. The number of aryl methyl sites for hydroxylation is 1. The topological polar surface area (TPSA) is 86.4 Å². The normalized spacial score (nSPS) is 11.8. The zero-order chi connectivity index (χ0) is 24.1. The maximum atomic E-state index is 15.1. The van der Waals surface area contributed by atoms with Crippen molar-refractivity contribution in [3.05, 3.63) is 71.2 Å². The van der Waals surface area contributed by atoms with Crippen LogP contribution in [0.2, 0.25) is 0 Å². The van der Waals surface area contributed by atoms with Gasteiger partial charge in [-0.2, -0.15) is 5.10 Å². The molecule has 6 rings (SSSR count). The van der Waals surface area contributed by atoms with Gasteiger partial charge in [0.25, 0.3) is 0 Å². The lowest BCUT2D eigenvalue weighted by Crippen LogP contribution is -2.10. The van der Waals surface area contributed by atoms with Crippen molar-refractivity contribution in [2.45, 2.75) is 13.5 Å². The molecule has 0 amide bonds. The molecule has 0 atom stereocenters. The summed E-state index contributed by atoms with van der Waals surface area (Å²) in [5.74, 6) is 0.270. The zero-order valence-electron chi connectivity index (χ0n) is 19.4. The van der Waals surface area contributed by atoms with Gasteiger partial charge in [-0.15, -0.1) is 11.3 Å². The number of pyridine rings is 2. The summed E-state index contributed by atoms with van der Waals surface area (Å²) in [5.41, 5.74) is 5.92. The van der Waals surface area contributed by atoms with E-state index in [-0.39, 0.29) is 5.82 Å². The summed E-state index contributed by atoms with van der Waals surface area (Å²) in [4.78, 5) is 21.5. The minimum Gasteiger partial charge on any atom is -0.336 e. The Bertz CT molecular complexity index is 1700. The molecule has 0 saturated heterocycles. The van der Waals surface area contributed by atoms with Crippen LogP contribution in [0.15, 0.2) is 55.0 Å². The van der Waals surface area contributed by atoms with Gasteiger partial charge in [0.2, 0.25) is 0 Å². The summed E-state index contributed by atoms with van der Waals surface area (Å²) < 4.78 is 15.1. The van der Waals surface area contributed by atoms with Gasteiger partial charge in [0.15, 0.2) is 5.82 Å². The highest BCUT2D eigenvalue weighted by molar-refractivity contribution is 7.15. The molecule has 7 nitrogen and oxygen atoms in total. The largest absolute Gasteiger partial charge is 0.336 e. The maximum absolute atomic E-state index is 15.1. The Balaban J connectivity index is 1.48. The number of imidazole rings is 1. The molecule has 0 fully saturated rings. The lowest BCUT2D eigenvalue weighted by Gasteiger charge is -2.11. The van der Waals surface area contributed by atoms with E-state index in [1.54, 1.807) is 29.9 Å². The molecule has 0 saturated carbocycles. The summed E-state index contributed by atoms with van der Waals surface area (Å²) in [6, 6.07) is 11.3. The van der Waals surface area contributed by atoms with Crippen molar-refractivity contribution >= 4 is 33.3 Å². The van der Waals surface area contributed by atoms with Crippen LogP contribution in [0.3, 0.4) is 0 Å². The molecular formula is C26H22FN7S. The number of aromatic nitrogens is 6. The molecule has 5 aromatic heterocycles. The Morgan fingerprint density at radius 3 is 2.71 bits per heavy atom. The van der Waals surface area contributed by atoms with Gasteiger partial charge in [-0.3, -0.25) is 15.1 Å². The van der Waals surface area contributed by atoms with Crippen molar-refractivity contribution in [3.8, 4) is 33.2 Å². The lowest BCUT2D eigenvalue weighted by molar-refractivity contribution is 0.402. The highest BCUT2D eigenvalue weighted by Gasteiger charge is 2.18. The third kappa shape index (κ3) is 3.88. The number of nitrogens with one attached hydrogen (secondary N) is 2. The molecule has 0 unspecified atom stereocenters. The lowest BCUT2D eigenvalue weighted by atomic mass is 10.0. The van der Waals surface area contributed by atoms with E-state index < -0.39 is 0 Å². The molecule has 174 valence electrons.